The number of amides is 1. The third kappa shape index (κ3) is 3.79. The molecule has 0 aliphatic heterocycles. The third-order valence-electron chi connectivity index (χ3n) is 2.22. The lowest BCUT2D eigenvalue weighted by Crippen LogP contribution is -2.32. The Hall–Kier alpha value is -1.47. The maximum absolute atomic E-state index is 12.0. The molecule has 0 spiro atoms. The zero-order valence-electron chi connectivity index (χ0n) is 9.79. The summed E-state index contributed by atoms with van der Waals surface area (Å²) in [5.41, 5.74) is 0.535. The van der Waals surface area contributed by atoms with E-state index in [9.17, 15) is 4.79 Å². The molecule has 0 heterocycles. The van der Waals surface area contributed by atoms with Crippen molar-refractivity contribution in [2.24, 2.45) is 0 Å². The number of carbonyl (C=O) groups is 1. The van der Waals surface area contributed by atoms with Crippen molar-refractivity contribution in [1.29, 1.82) is 0 Å². The van der Waals surface area contributed by atoms with E-state index >= 15 is 0 Å². The number of methoxy groups -OCH3 is 1. The van der Waals surface area contributed by atoms with Gasteiger partial charge in [-0.25, -0.2) is 0 Å². The molecule has 0 saturated heterocycles. The Morgan fingerprint density at radius 1 is 1.65 bits per heavy atom. The van der Waals surface area contributed by atoms with Crippen molar-refractivity contribution in [3.05, 3.63) is 28.2 Å². The molecule has 1 N–H and O–H groups in total. The molecule has 0 fully saturated rings. The van der Waals surface area contributed by atoms with Gasteiger partial charge >= 0.3 is 0 Å². The summed E-state index contributed by atoms with van der Waals surface area (Å²) in [6.07, 6.45) is 5.70. The first-order valence-corrected chi connectivity index (χ1v) is 5.95. The van der Waals surface area contributed by atoms with Crippen molar-refractivity contribution in [2.45, 2.75) is 19.4 Å². The Kier molecular flexibility index (Phi) is 5.05. The van der Waals surface area contributed by atoms with Gasteiger partial charge in [-0.3, -0.25) is 4.79 Å². The van der Waals surface area contributed by atoms with Crippen LogP contribution in [0.25, 0.3) is 0 Å². The highest BCUT2D eigenvalue weighted by molar-refractivity contribution is 9.10. The van der Waals surface area contributed by atoms with Crippen LogP contribution in [0.4, 0.5) is 0 Å². The minimum absolute atomic E-state index is 0.0504. The molecule has 0 radical (unpaired) electrons. The van der Waals surface area contributed by atoms with Crippen LogP contribution in [0.2, 0.25) is 0 Å². The summed E-state index contributed by atoms with van der Waals surface area (Å²) >= 11 is 3.33. The average Bonchev–Trinajstić information content (AvgIpc) is 2.29. The summed E-state index contributed by atoms with van der Waals surface area (Å²) in [6.45, 7) is 1.87. The van der Waals surface area contributed by atoms with E-state index < -0.39 is 0 Å². The molecule has 1 amide bonds. The van der Waals surface area contributed by atoms with Gasteiger partial charge < -0.3 is 10.1 Å². The van der Waals surface area contributed by atoms with Gasteiger partial charge in [0.25, 0.3) is 5.91 Å². The number of nitrogens with one attached hydrogen (secondary N) is 1. The summed E-state index contributed by atoms with van der Waals surface area (Å²) < 4.78 is 5.80. The molecule has 4 heteroatoms. The molecule has 1 unspecified atom stereocenters. The number of halogens is 1. The zero-order chi connectivity index (χ0) is 12.8. The molecule has 1 aromatic rings. The maximum atomic E-state index is 12.0. The highest BCUT2D eigenvalue weighted by Gasteiger charge is 2.13. The highest BCUT2D eigenvalue weighted by Crippen LogP contribution is 2.22. The van der Waals surface area contributed by atoms with Crippen LogP contribution in [0.1, 0.15) is 23.7 Å². The van der Waals surface area contributed by atoms with Crippen LogP contribution in [0.3, 0.4) is 0 Å². The first-order chi connectivity index (χ1) is 8.08. The van der Waals surface area contributed by atoms with Gasteiger partial charge in [-0.05, 0) is 41.1 Å². The van der Waals surface area contributed by atoms with E-state index in [1.165, 1.54) is 0 Å². The van der Waals surface area contributed by atoms with Gasteiger partial charge in [-0.15, -0.1) is 12.3 Å². The summed E-state index contributed by atoms with van der Waals surface area (Å²) in [5.74, 6) is 2.98. The Bertz CT molecular complexity index is 451. The average molecular weight is 296 g/mol. The molecular formula is C13H14BrNO2. The molecule has 0 aliphatic rings. The van der Waals surface area contributed by atoms with Crippen molar-refractivity contribution in [2.75, 3.05) is 7.11 Å². The van der Waals surface area contributed by atoms with Crippen LogP contribution in [0, 0.1) is 12.3 Å². The molecule has 0 aliphatic carbocycles. The monoisotopic (exact) mass is 295 g/mol. The van der Waals surface area contributed by atoms with Gasteiger partial charge in [-0.1, -0.05) is 0 Å². The highest BCUT2D eigenvalue weighted by atomic mass is 79.9. The summed E-state index contributed by atoms with van der Waals surface area (Å²) in [6, 6.07) is 5.19. The summed E-state index contributed by atoms with van der Waals surface area (Å²) in [4.78, 5) is 12.0. The fourth-order valence-electron chi connectivity index (χ4n) is 1.33. The third-order valence-corrected chi connectivity index (χ3v) is 2.91. The quantitative estimate of drug-likeness (QED) is 0.867. The molecule has 0 aromatic heterocycles. The standard InChI is InChI=1S/C13H14BrNO2/c1-4-5-9(2)15-13(16)11-8-10(17-3)6-7-12(11)14/h1,6-9H,5H2,2-3H3,(H,15,16). The fourth-order valence-corrected chi connectivity index (χ4v) is 1.76. The predicted molar refractivity (Wildman–Crippen MR) is 71.1 cm³/mol. The first-order valence-electron chi connectivity index (χ1n) is 5.16. The Morgan fingerprint density at radius 3 is 2.94 bits per heavy atom. The van der Waals surface area contributed by atoms with Crippen LogP contribution < -0.4 is 10.1 Å². The van der Waals surface area contributed by atoms with E-state index in [-0.39, 0.29) is 11.9 Å². The van der Waals surface area contributed by atoms with E-state index in [4.69, 9.17) is 11.2 Å². The van der Waals surface area contributed by atoms with E-state index in [2.05, 4.69) is 27.2 Å². The van der Waals surface area contributed by atoms with E-state index in [1.807, 2.05) is 6.92 Å². The topological polar surface area (TPSA) is 38.3 Å². The van der Waals surface area contributed by atoms with Gasteiger partial charge in [-0.2, -0.15) is 0 Å². The normalized spacial score (nSPS) is 11.4. The molecule has 0 bridgehead atoms. The van der Waals surface area contributed by atoms with Gasteiger partial charge in [0.2, 0.25) is 0 Å². The van der Waals surface area contributed by atoms with Crippen molar-refractivity contribution >= 4 is 21.8 Å². The molecule has 1 atom stereocenters. The van der Waals surface area contributed by atoms with Crippen LogP contribution >= 0.6 is 15.9 Å². The van der Waals surface area contributed by atoms with E-state index in [0.29, 0.717) is 17.7 Å². The number of hydrogen-bond donors (Lipinski definition) is 1. The van der Waals surface area contributed by atoms with Crippen molar-refractivity contribution in [3.8, 4) is 18.1 Å². The molecule has 1 aromatic carbocycles. The van der Waals surface area contributed by atoms with Crippen LogP contribution in [0.15, 0.2) is 22.7 Å². The van der Waals surface area contributed by atoms with Gasteiger partial charge in [0.1, 0.15) is 5.75 Å². The predicted octanol–water partition coefficient (Wildman–Crippen LogP) is 2.60. The molecule has 90 valence electrons. The lowest BCUT2D eigenvalue weighted by Gasteiger charge is -2.12. The second-order valence-electron chi connectivity index (χ2n) is 3.63. The number of terminal acetylenes is 1. The molecule has 1 rings (SSSR count). The number of carbonyl (C=O) groups excluding carboxylic acids is 1. The van der Waals surface area contributed by atoms with Gasteiger partial charge in [0.05, 0.1) is 12.7 Å². The maximum Gasteiger partial charge on any atom is 0.252 e. The van der Waals surface area contributed by atoms with Crippen LogP contribution in [-0.4, -0.2) is 19.1 Å². The lowest BCUT2D eigenvalue weighted by atomic mass is 10.1. The lowest BCUT2D eigenvalue weighted by molar-refractivity contribution is 0.0939. The Labute approximate surface area is 110 Å². The zero-order valence-corrected chi connectivity index (χ0v) is 11.4. The van der Waals surface area contributed by atoms with Crippen molar-refractivity contribution < 1.29 is 9.53 Å². The number of ether oxygens (including phenoxy) is 1. The summed E-state index contributed by atoms with van der Waals surface area (Å²) in [7, 11) is 1.56. The number of hydrogen-bond acceptors (Lipinski definition) is 2. The molecule has 0 saturated carbocycles. The smallest absolute Gasteiger partial charge is 0.252 e. The SMILES string of the molecule is C#CCC(C)NC(=O)c1cc(OC)ccc1Br. The van der Waals surface area contributed by atoms with E-state index in [0.717, 1.165) is 4.47 Å². The number of benzene rings is 1. The minimum atomic E-state index is -0.168. The van der Waals surface area contributed by atoms with Crippen LogP contribution in [-0.2, 0) is 0 Å². The number of rotatable bonds is 4. The second-order valence-corrected chi connectivity index (χ2v) is 4.48. The van der Waals surface area contributed by atoms with Gasteiger partial charge in [0, 0.05) is 16.9 Å². The van der Waals surface area contributed by atoms with Crippen molar-refractivity contribution in [3.63, 3.8) is 0 Å². The molecule has 3 nitrogen and oxygen atoms in total. The molecular weight excluding hydrogens is 282 g/mol. The minimum Gasteiger partial charge on any atom is -0.497 e. The van der Waals surface area contributed by atoms with Crippen LogP contribution in [0.5, 0.6) is 5.75 Å². The Balaban J connectivity index is 2.85. The Morgan fingerprint density at radius 2 is 2.35 bits per heavy atom. The fraction of sp³-hybridized carbons (Fsp3) is 0.308. The van der Waals surface area contributed by atoms with Crippen molar-refractivity contribution in [1.82, 2.24) is 5.32 Å². The first kappa shape index (κ1) is 13.6. The second kappa shape index (κ2) is 6.31. The largest absolute Gasteiger partial charge is 0.497 e. The molecule has 17 heavy (non-hydrogen) atoms. The summed E-state index contributed by atoms with van der Waals surface area (Å²) in [5, 5.41) is 2.82. The van der Waals surface area contributed by atoms with Gasteiger partial charge in [0.15, 0.2) is 0 Å². The van der Waals surface area contributed by atoms with E-state index in [1.54, 1.807) is 25.3 Å².